The topological polar surface area (TPSA) is 109 Å². The normalized spacial score (nSPS) is 16.9. The number of aromatic nitrogens is 4. The first-order chi connectivity index (χ1) is 18.4. The number of benzene rings is 1. The van der Waals surface area contributed by atoms with Crippen LogP contribution in [0.5, 0.6) is 0 Å². The molecule has 2 aliphatic rings. The lowest BCUT2D eigenvalue weighted by Gasteiger charge is -2.31. The van der Waals surface area contributed by atoms with Crippen molar-refractivity contribution in [3.8, 4) is 11.4 Å². The molecule has 1 saturated carbocycles. The number of hydrogen-bond donors (Lipinski definition) is 2. The van der Waals surface area contributed by atoms with Crippen LogP contribution in [0.15, 0.2) is 53.4 Å². The number of pyridine rings is 1. The molecule has 9 nitrogen and oxygen atoms in total. The molecule has 3 aromatic heterocycles. The minimum atomic E-state index is -2.73. The summed E-state index contributed by atoms with van der Waals surface area (Å²) in [6.07, 6.45) is 6.25. The van der Waals surface area contributed by atoms with Gasteiger partial charge < -0.3 is 14.9 Å². The van der Waals surface area contributed by atoms with Crippen molar-refractivity contribution in [3.63, 3.8) is 0 Å². The highest BCUT2D eigenvalue weighted by Crippen LogP contribution is 2.48. The zero-order valence-corrected chi connectivity index (χ0v) is 21.0. The van der Waals surface area contributed by atoms with Crippen LogP contribution >= 0.6 is 0 Å². The number of fused-ring (bicyclic) bond motifs is 1. The maximum absolute atomic E-state index is 14.6. The first kappa shape index (κ1) is 25.0. The molecule has 39 heavy (non-hydrogen) atoms. The van der Waals surface area contributed by atoms with Crippen LogP contribution in [0.2, 0.25) is 0 Å². The van der Waals surface area contributed by atoms with Crippen molar-refractivity contribution in [2.24, 2.45) is 0 Å². The maximum Gasteiger partial charge on any atom is 0.274 e. The fourth-order valence-electron chi connectivity index (χ4n) is 4.65. The Morgan fingerprint density at radius 3 is 2.72 bits per heavy atom. The summed E-state index contributed by atoms with van der Waals surface area (Å²) in [5.74, 6) is -4.29. The van der Waals surface area contributed by atoms with Gasteiger partial charge in [-0.05, 0) is 44.2 Å². The summed E-state index contributed by atoms with van der Waals surface area (Å²) < 4.78 is 49.7. The summed E-state index contributed by atoms with van der Waals surface area (Å²) in [7, 11) is 0. The Kier molecular flexibility index (Phi) is 5.68. The van der Waals surface area contributed by atoms with E-state index in [4.69, 9.17) is 4.52 Å². The van der Waals surface area contributed by atoms with Crippen LogP contribution in [0.3, 0.4) is 0 Å². The summed E-state index contributed by atoms with van der Waals surface area (Å²) >= 11 is 0. The monoisotopic (exact) mass is 537 g/mol. The maximum atomic E-state index is 14.6. The lowest BCUT2D eigenvalue weighted by atomic mass is 9.81. The molecule has 4 aromatic rings. The van der Waals surface area contributed by atoms with E-state index in [1.807, 2.05) is 23.1 Å². The molecule has 1 fully saturated rings. The molecule has 0 saturated heterocycles. The molecule has 12 heteroatoms. The van der Waals surface area contributed by atoms with Crippen molar-refractivity contribution >= 4 is 29.0 Å². The number of β-amino-alcohol motifs (C(OH)–C–C–N with tert-alkyl or cyclic N) is 1. The number of halogens is 3. The first-order valence-corrected chi connectivity index (χ1v) is 12.3. The second-order valence-electron chi connectivity index (χ2n) is 10.6. The highest BCUT2D eigenvalue weighted by Gasteiger charge is 2.48. The SMILES string of the molecule is CC(C)(O)C[N+]1=CC(c2ccc3ncc(C(=O)Nc4cc(-c5noc(C6CC(F)(F)C6)n5)ccc4F)n3c2)=C1. The molecule has 6 rings (SSSR count). The Labute approximate surface area is 220 Å². The van der Waals surface area contributed by atoms with Crippen molar-refractivity contribution in [2.45, 2.75) is 44.1 Å². The number of hydrogen-bond acceptors (Lipinski definition) is 6. The largest absolute Gasteiger partial charge is 0.384 e. The summed E-state index contributed by atoms with van der Waals surface area (Å²) in [6, 6.07) is 7.58. The van der Waals surface area contributed by atoms with E-state index in [1.54, 1.807) is 30.5 Å². The molecule has 1 aliphatic carbocycles. The van der Waals surface area contributed by atoms with Crippen molar-refractivity contribution in [2.75, 3.05) is 11.9 Å². The van der Waals surface area contributed by atoms with E-state index in [0.29, 0.717) is 17.8 Å². The van der Waals surface area contributed by atoms with Crippen molar-refractivity contribution in [1.82, 2.24) is 19.5 Å². The van der Waals surface area contributed by atoms with Crippen LogP contribution in [0.1, 0.15) is 54.5 Å². The van der Waals surface area contributed by atoms with Gasteiger partial charge >= 0.3 is 0 Å². The summed E-state index contributed by atoms with van der Waals surface area (Å²) in [5, 5.41) is 16.4. The third-order valence-corrected chi connectivity index (χ3v) is 6.60. The van der Waals surface area contributed by atoms with Gasteiger partial charge in [0.25, 0.3) is 5.91 Å². The van der Waals surface area contributed by atoms with E-state index < -0.39 is 29.2 Å². The number of rotatable bonds is 7. The van der Waals surface area contributed by atoms with Gasteiger partial charge in [-0.2, -0.15) is 4.98 Å². The molecule has 1 aromatic carbocycles. The van der Waals surface area contributed by atoms with Gasteiger partial charge in [-0.25, -0.2) is 22.7 Å². The fourth-order valence-corrected chi connectivity index (χ4v) is 4.65. The zero-order valence-electron chi connectivity index (χ0n) is 21.0. The number of carbonyl (C=O) groups is 1. The molecular formula is C27H24F3N6O3+. The highest BCUT2D eigenvalue weighted by molar-refractivity contribution is 6.10. The number of carbonyl (C=O) groups excluding carboxylic acids is 1. The number of amides is 1. The van der Waals surface area contributed by atoms with Crippen LogP contribution in [0, 0.1) is 5.82 Å². The Hall–Kier alpha value is -4.32. The van der Waals surface area contributed by atoms with E-state index in [1.165, 1.54) is 18.3 Å². The van der Waals surface area contributed by atoms with Crippen LogP contribution in [-0.4, -0.2) is 59.4 Å². The molecule has 0 bridgehead atoms. The molecular weight excluding hydrogens is 513 g/mol. The molecule has 0 radical (unpaired) electrons. The van der Waals surface area contributed by atoms with Gasteiger partial charge in [-0.15, -0.1) is 0 Å². The second kappa shape index (κ2) is 8.87. The number of nitrogens with zero attached hydrogens (tertiary/aromatic N) is 5. The second-order valence-corrected chi connectivity index (χ2v) is 10.6. The highest BCUT2D eigenvalue weighted by atomic mass is 19.3. The predicted octanol–water partition coefficient (Wildman–Crippen LogP) is 4.50. The minimum absolute atomic E-state index is 0.106. The van der Waals surface area contributed by atoms with Crippen molar-refractivity contribution < 1.29 is 32.2 Å². The predicted molar refractivity (Wildman–Crippen MR) is 135 cm³/mol. The van der Waals surface area contributed by atoms with Gasteiger partial charge in [0.1, 0.15) is 28.3 Å². The first-order valence-electron chi connectivity index (χ1n) is 12.3. The Balaban J connectivity index is 1.20. The van der Waals surface area contributed by atoms with E-state index in [9.17, 15) is 23.1 Å². The van der Waals surface area contributed by atoms with Gasteiger partial charge in [0.15, 0.2) is 19.0 Å². The third-order valence-electron chi connectivity index (χ3n) is 6.60. The average Bonchev–Trinajstić information content (AvgIpc) is 3.47. The van der Waals surface area contributed by atoms with E-state index >= 15 is 0 Å². The van der Waals surface area contributed by atoms with Crippen LogP contribution < -0.4 is 5.32 Å². The van der Waals surface area contributed by atoms with Crippen molar-refractivity contribution in [1.29, 1.82) is 0 Å². The average molecular weight is 538 g/mol. The number of anilines is 1. The zero-order chi connectivity index (χ0) is 27.5. The van der Waals surface area contributed by atoms with Crippen LogP contribution in [0.4, 0.5) is 18.9 Å². The quantitative estimate of drug-likeness (QED) is 0.336. The molecule has 0 spiro atoms. The van der Waals surface area contributed by atoms with Gasteiger partial charge in [-0.3, -0.25) is 9.20 Å². The molecule has 4 heterocycles. The Morgan fingerprint density at radius 2 is 2.00 bits per heavy atom. The molecule has 1 aliphatic heterocycles. The smallest absolute Gasteiger partial charge is 0.274 e. The number of nitrogens with one attached hydrogen (secondary N) is 1. The molecule has 200 valence electrons. The lowest BCUT2D eigenvalue weighted by Crippen LogP contribution is -2.34. The minimum Gasteiger partial charge on any atom is -0.384 e. The van der Waals surface area contributed by atoms with Gasteiger partial charge in [0.2, 0.25) is 17.6 Å². The van der Waals surface area contributed by atoms with Gasteiger partial charge in [-0.1, -0.05) is 5.16 Å². The number of alkyl halides is 2. The molecule has 0 atom stereocenters. The van der Waals surface area contributed by atoms with E-state index in [0.717, 1.165) is 17.2 Å². The standard InChI is InChI=1S/C27H23F3N6O3/c1-26(2,38)14-35-11-18(12-35)16-4-6-22-31-10-21(36(22)13-16)24(37)32-20-7-15(3-5-19(20)28)23-33-25(39-34-23)17-8-27(29,30)9-17/h3-7,10-13,17,38H,8-9,14H2,1-2H3/p+1. The van der Waals surface area contributed by atoms with Gasteiger partial charge in [0, 0.05) is 36.1 Å². The number of imidazole rings is 1. The summed E-state index contributed by atoms with van der Waals surface area (Å²) in [4.78, 5) is 21.6. The fraction of sp³-hybridized carbons (Fsp3) is 0.296. The summed E-state index contributed by atoms with van der Waals surface area (Å²) in [6.45, 7) is 3.90. The van der Waals surface area contributed by atoms with E-state index in [-0.39, 0.29) is 35.9 Å². The molecule has 1 amide bonds. The third kappa shape index (κ3) is 4.94. The van der Waals surface area contributed by atoms with Crippen LogP contribution in [0.25, 0.3) is 22.6 Å². The van der Waals surface area contributed by atoms with Crippen molar-refractivity contribution in [3.05, 3.63) is 71.9 Å². The Bertz CT molecular complexity index is 1670. The molecule has 0 unspecified atom stereocenters. The summed E-state index contributed by atoms with van der Waals surface area (Å²) in [5.41, 5.74) is 1.89. The van der Waals surface area contributed by atoms with Gasteiger partial charge in [0.05, 0.1) is 11.9 Å². The lowest BCUT2D eigenvalue weighted by molar-refractivity contribution is -0.478. The van der Waals surface area contributed by atoms with Crippen LogP contribution in [-0.2, 0) is 0 Å². The Morgan fingerprint density at radius 1 is 1.26 bits per heavy atom. The number of allylic oxidation sites excluding steroid dienone is 1. The van der Waals surface area contributed by atoms with E-state index in [2.05, 4.69) is 20.4 Å². The molecule has 2 N–H and O–H groups in total. The number of aliphatic hydroxyl groups is 1.